The maximum atomic E-state index is 12.6. The highest BCUT2D eigenvalue weighted by atomic mass is 32.2. The molecule has 3 aromatic rings. The number of allylic oxidation sites excluding steroid dienone is 1. The summed E-state index contributed by atoms with van der Waals surface area (Å²) in [6.45, 7) is 0. The van der Waals surface area contributed by atoms with Crippen LogP contribution in [0.4, 0.5) is 11.5 Å². The van der Waals surface area contributed by atoms with Crippen LogP contribution in [0.25, 0.3) is 6.08 Å². The van der Waals surface area contributed by atoms with Crippen LogP contribution in [0.5, 0.6) is 17.2 Å². The van der Waals surface area contributed by atoms with Crippen molar-refractivity contribution in [2.75, 3.05) is 38.1 Å². The molecule has 0 saturated heterocycles. The van der Waals surface area contributed by atoms with Crippen molar-refractivity contribution in [1.82, 2.24) is 9.97 Å². The van der Waals surface area contributed by atoms with Gasteiger partial charge in [-0.15, -0.1) is 0 Å². The van der Waals surface area contributed by atoms with Gasteiger partial charge in [0.2, 0.25) is 11.7 Å². The van der Waals surface area contributed by atoms with Crippen molar-refractivity contribution >= 4 is 41.0 Å². The molecule has 0 radical (unpaired) electrons. The number of benzene rings is 2. The van der Waals surface area contributed by atoms with Gasteiger partial charge in [0, 0.05) is 17.3 Å². The first kappa shape index (κ1) is 25.4. The standard InChI is InChI=1S/C24H24N4O6S/c1-32-18-10-14(11-19(33-2)23(18)34-3)4-9-17(29)15-5-7-16(8-6-15)26-22(31)13-35-24-27-20(25)12-21(30)28-24/h4-12H,13H2,1-3H3,(H,26,31)(H3,25,27,28,30)/b9-4+. The fraction of sp³-hybridized carbons (Fsp3) is 0.167. The zero-order valence-corrected chi connectivity index (χ0v) is 20.1. The molecule has 35 heavy (non-hydrogen) atoms. The molecule has 0 atom stereocenters. The molecule has 0 saturated carbocycles. The number of nitrogens with zero attached hydrogens (tertiary/aromatic N) is 1. The number of aromatic amines is 1. The zero-order chi connectivity index (χ0) is 25.4. The van der Waals surface area contributed by atoms with Crippen molar-refractivity contribution in [2.24, 2.45) is 0 Å². The summed E-state index contributed by atoms with van der Waals surface area (Å²) >= 11 is 1.05. The van der Waals surface area contributed by atoms with Crippen LogP contribution < -0.4 is 30.8 Å². The van der Waals surface area contributed by atoms with Gasteiger partial charge in [-0.05, 0) is 48.0 Å². The van der Waals surface area contributed by atoms with E-state index in [1.807, 2.05) is 0 Å². The van der Waals surface area contributed by atoms with E-state index in [1.54, 1.807) is 42.5 Å². The van der Waals surface area contributed by atoms with Crippen LogP contribution in [0, 0.1) is 0 Å². The molecule has 10 nitrogen and oxygen atoms in total. The van der Waals surface area contributed by atoms with E-state index in [0.29, 0.717) is 34.1 Å². The molecule has 0 aliphatic carbocycles. The van der Waals surface area contributed by atoms with Gasteiger partial charge in [0.15, 0.2) is 22.4 Å². The number of aromatic nitrogens is 2. The van der Waals surface area contributed by atoms with Gasteiger partial charge < -0.3 is 30.2 Å². The monoisotopic (exact) mass is 496 g/mol. The van der Waals surface area contributed by atoms with Crippen LogP contribution in [-0.4, -0.2) is 48.7 Å². The minimum absolute atomic E-state index is 0.0185. The number of nitrogens with one attached hydrogen (secondary N) is 2. The minimum atomic E-state index is -0.389. The molecule has 1 amide bonds. The van der Waals surface area contributed by atoms with E-state index < -0.39 is 0 Å². The van der Waals surface area contributed by atoms with E-state index >= 15 is 0 Å². The highest BCUT2D eigenvalue weighted by Gasteiger charge is 2.12. The number of hydrogen-bond acceptors (Lipinski definition) is 9. The van der Waals surface area contributed by atoms with Gasteiger partial charge in [-0.25, -0.2) is 4.98 Å². The lowest BCUT2D eigenvalue weighted by molar-refractivity contribution is -0.113. The Morgan fingerprint density at radius 1 is 1.06 bits per heavy atom. The summed E-state index contributed by atoms with van der Waals surface area (Å²) in [6.07, 6.45) is 3.08. The molecule has 1 aromatic heterocycles. The normalized spacial score (nSPS) is 10.7. The van der Waals surface area contributed by atoms with Crippen LogP contribution in [0.15, 0.2) is 58.5 Å². The van der Waals surface area contributed by atoms with Gasteiger partial charge in [0.25, 0.3) is 5.56 Å². The number of ether oxygens (including phenoxy) is 3. The van der Waals surface area contributed by atoms with E-state index in [-0.39, 0.29) is 34.0 Å². The minimum Gasteiger partial charge on any atom is -0.493 e. The first-order chi connectivity index (χ1) is 16.8. The number of nitrogen functional groups attached to an aromatic ring is 1. The third kappa shape index (κ3) is 6.87. The number of amides is 1. The van der Waals surface area contributed by atoms with E-state index in [9.17, 15) is 14.4 Å². The van der Waals surface area contributed by atoms with E-state index in [1.165, 1.54) is 27.4 Å². The second-order valence-electron chi connectivity index (χ2n) is 7.05. The Hall–Kier alpha value is -4.25. The fourth-order valence-electron chi connectivity index (χ4n) is 3.04. The Balaban J connectivity index is 1.61. The Morgan fingerprint density at radius 3 is 2.29 bits per heavy atom. The molecule has 0 aliphatic heterocycles. The third-order valence-corrected chi connectivity index (χ3v) is 5.52. The van der Waals surface area contributed by atoms with E-state index in [0.717, 1.165) is 17.8 Å². The zero-order valence-electron chi connectivity index (χ0n) is 19.3. The lowest BCUT2D eigenvalue weighted by Gasteiger charge is -2.12. The molecular formula is C24H24N4O6S. The molecule has 1 heterocycles. The molecule has 2 aromatic carbocycles. The topological polar surface area (TPSA) is 146 Å². The molecule has 182 valence electrons. The smallest absolute Gasteiger partial charge is 0.253 e. The Morgan fingerprint density at radius 2 is 1.71 bits per heavy atom. The summed E-state index contributed by atoms with van der Waals surface area (Å²) < 4.78 is 15.9. The maximum absolute atomic E-state index is 12.6. The summed E-state index contributed by atoms with van der Waals surface area (Å²) in [5, 5.41) is 2.98. The summed E-state index contributed by atoms with van der Waals surface area (Å²) in [5.41, 5.74) is 6.81. The quantitative estimate of drug-likeness (QED) is 0.167. The molecule has 3 rings (SSSR count). The lowest BCUT2D eigenvalue weighted by atomic mass is 10.1. The second kappa shape index (κ2) is 11.7. The van der Waals surface area contributed by atoms with Crippen LogP contribution in [-0.2, 0) is 4.79 Å². The number of ketones is 1. The molecule has 0 bridgehead atoms. The predicted octanol–water partition coefficient (Wildman–Crippen LogP) is 3.00. The van der Waals surface area contributed by atoms with Crippen molar-refractivity contribution in [2.45, 2.75) is 5.16 Å². The third-order valence-electron chi connectivity index (χ3n) is 4.65. The molecular weight excluding hydrogens is 472 g/mol. The van der Waals surface area contributed by atoms with Gasteiger partial charge in [-0.1, -0.05) is 17.8 Å². The van der Waals surface area contributed by atoms with Gasteiger partial charge in [0.05, 0.1) is 27.1 Å². The number of methoxy groups -OCH3 is 3. The molecule has 4 N–H and O–H groups in total. The van der Waals surface area contributed by atoms with Crippen molar-refractivity contribution in [3.63, 3.8) is 0 Å². The Bertz CT molecular complexity index is 1280. The lowest BCUT2D eigenvalue weighted by Crippen LogP contribution is -2.15. The van der Waals surface area contributed by atoms with Crippen LogP contribution in [0.1, 0.15) is 15.9 Å². The number of nitrogens with two attached hydrogens (primary N) is 1. The van der Waals surface area contributed by atoms with Crippen LogP contribution in [0.2, 0.25) is 0 Å². The van der Waals surface area contributed by atoms with Crippen molar-refractivity contribution < 1.29 is 23.8 Å². The first-order valence-corrected chi connectivity index (χ1v) is 11.2. The molecule has 0 unspecified atom stereocenters. The number of carbonyl (C=O) groups is 2. The highest BCUT2D eigenvalue weighted by Crippen LogP contribution is 2.38. The number of hydrogen-bond donors (Lipinski definition) is 3. The first-order valence-electron chi connectivity index (χ1n) is 10.2. The van der Waals surface area contributed by atoms with Crippen LogP contribution in [0.3, 0.4) is 0 Å². The van der Waals surface area contributed by atoms with Gasteiger partial charge >= 0.3 is 0 Å². The second-order valence-corrected chi connectivity index (χ2v) is 8.01. The number of anilines is 2. The summed E-state index contributed by atoms with van der Waals surface area (Å²) in [7, 11) is 4.55. The van der Waals surface area contributed by atoms with Crippen molar-refractivity contribution in [3.8, 4) is 17.2 Å². The fourth-order valence-corrected chi connectivity index (χ4v) is 3.72. The average Bonchev–Trinajstić information content (AvgIpc) is 2.85. The molecule has 0 aliphatic rings. The van der Waals surface area contributed by atoms with E-state index in [2.05, 4.69) is 15.3 Å². The van der Waals surface area contributed by atoms with Crippen molar-refractivity contribution in [3.05, 3.63) is 70.0 Å². The SMILES string of the molecule is COc1cc(/C=C/C(=O)c2ccc(NC(=O)CSc3nc(N)cc(=O)[nH]3)cc2)cc(OC)c1OC. The number of thioether (sulfide) groups is 1. The van der Waals surface area contributed by atoms with Crippen molar-refractivity contribution in [1.29, 1.82) is 0 Å². The summed E-state index contributed by atoms with van der Waals surface area (Å²) in [5.74, 6) is 1.00. The number of rotatable bonds is 10. The maximum Gasteiger partial charge on any atom is 0.253 e. The number of H-pyrrole nitrogens is 1. The van der Waals surface area contributed by atoms with Crippen LogP contribution >= 0.6 is 11.8 Å². The van der Waals surface area contributed by atoms with Gasteiger partial charge in [0.1, 0.15) is 5.82 Å². The molecule has 0 fully saturated rings. The average molecular weight is 497 g/mol. The predicted molar refractivity (Wildman–Crippen MR) is 135 cm³/mol. The van der Waals surface area contributed by atoms with Gasteiger partial charge in [-0.2, -0.15) is 0 Å². The molecule has 11 heteroatoms. The Labute approximate surface area is 205 Å². The van der Waals surface area contributed by atoms with Gasteiger partial charge in [-0.3, -0.25) is 14.4 Å². The highest BCUT2D eigenvalue weighted by molar-refractivity contribution is 7.99. The number of carbonyl (C=O) groups excluding carboxylic acids is 2. The largest absolute Gasteiger partial charge is 0.493 e. The summed E-state index contributed by atoms with van der Waals surface area (Å²) in [6, 6.07) is 11.1. The summed E-state index contributed by atoms with van der Waals surface area (Å²) in [4.78, 5) is 42.6. The Kier molecular flexibility index (Phi) is 8.52. The van der Waals surface area contributed by atoms with E-state index in [4.69, 9.17) is 19.9 Å². The molecule has 0 spiro atoms.